The normalized spacial score (nSPS) is 12.4. The Hall–Kier alpha value is -1.95. The molecule has 0 saturated carbocycles. The van der Waals surface area contributed by atoms with Gasteiger partial charge in [-0.25, -0.2) is 9.97 Å². The van der Waals surface area contributed by atoms with Crippen molar-refractivity contribution in [2.75, 3.05) is 14.2 Å². The van der Waals surface area contributed by atoms with Crippen molar-refractivity contribution in [2.24, 2.45) is 0 Å². The third-order valence-corrected chi connectivity index (χ3v) is 3.16. The Labute approximate surface area is 119 Å². The van der Waals surface area contributed by atoms with E-state index in [9.17, 15) is 0 Å². The molecule has 2 aromatic heterocycles. The lowest BCUT2D eigenvalue weighted by atomic mass is 10.1. The number of aromatic nitrogens is 4. The predicted octanol–water partition coefficient (Wildman–Crippen LogP) is 1.71. The highest BCUT2D eigenvalue weighted by molar-refractivity contribution is 5.33. The average Bonchev–Trinajstić information content (AvgIpc) is 2.84. The van der Waals surface area contributed by atoms with E-state index in [-0.39, 0.29) is 6.04 Å². The van der Waals surface area contributed by atoms with Crippen molar-refractivity contribution in [3.8, 4) is 5.75 Å². The van der Waals surface area contributed by atoms with Crippen molar-refractivity contribution < 1.29 is 4.74 Å². The van der Waals surface area contributed by atoms with Gasteiger partial charge in [-0.15, -0.1) is 0 Å². The molecular formula is C14H21N5O. The molecule has 0 aliphatic carbocycles. The van der Waals surface area contributed by atoms with Gasteiger partial charge >= 0.3 is 0 Å². The van der Waals surface area contributed by atoms with Gasteiger partial charge in [0.1, 0.15) is 11.5 Å². The van der Waals surface area contributed by atoms with Crippen LogP contribution in [0.3, 0.4) is 0 Å². The first-order chi connectivity index (χ1) is 9.71. The summed E-state index contributed by atoms with van der Waals surface area (Å²) in [5.74, 6) is 1.53. The molecule has 1 atom stereocenters. The van der Waals surface area contributed by atoms with E-state index in [2.05, 4.69) is 27.3 Å². The summed E-state index contributed by atoms with van der Waals surface area (Å²) < 4.78 is 7.41. The molecule has 0 saturated heterocycles. The minimum Gasteiger partial charge on any atom is -0.493 e. The molecule has 0 bridgehead atoms. The van der Waals surface area contributed by atoms with Gasteiger partial charge in [-0.2, -0.15) is 5.10 Å². The third-order valence-electron chi connectivity index (χ3n) is 3.16. The molecule has 108 valence electrons. The molecule has 2 aromatic rings. The van der Waals surface area contributed by atoms with E-state index < -0.39 is 0 Å². The zero-order valence-electron chi connectivity index (χ0n) is 12.4. The lowest BCUT2D eigenvalue weighted by molar-refractivity contribution is 0.399. The molecule has 2 rings (SSSR count). The van der Waals surface area contributed by atoms with Gasteiger partial charge < -0.3 is 10.1 Å². The zero-order valence-corrected chi connectivity index (χ0v) is 12.4. The van der Waals surface area contributed by atoms with Gasteiger partial charge in [-0.1, -0.05) is 6.92 Å². The number of nitrogens with zero attached hydrogens (tertiary/aromatic N) is 4. The maximum atomic E-state index is 5.44. The summed E-state index contributed by atoms with van der Waals surface area (Å²) in [6.45, 7) is 4.86. The van der Waals surface area contributed by atoms with Gasteiger partial charge in [0, 0.05) is 12.7 Å². The summed E-state index contributed by atoms with van der Waals surface area (Å²) in [5, 5.41) is 7.69. The number of ether oxygens (including phenoxy) is 1. The van der Waals surface area contributed by atoms with Crippen molar-refractivity contribution in [3.63, 3.8) is 0 Å². The minimum atomic E-state index is -0.0688. The Morgan fingerprint density at radius 2 is 2.25 bits per heavy atom. The number of nitrogens with one attached hydrogen (secondary N) is 1. The highest BCUT2D eigenvalue weighted by atomic mass is 16.5. The summed E-state index contributed by atoms with van der Waals surface area (Å²) in [4.78, 5) is 8.65. The quantitative estimate of drug-likeness (QED) is 0.869. The van der Waals surface area contributed by atoms with E-state index in [4.69, 9.17) is 4.74 Å². The van der Waals surface area contributed by atoms with Crippen LogP contribution in [0.15, 0.2) is 18.5 Å². The third kappa shape index (κ3) is 2.80. The van der Waals surface area contributed by atoms with Crippen LogP contribution in [0.5, 0.6) is 5.75 Å². The van der Waals surface area contributed by atoms with Crippen LogP contribution in [-0.2, 0) is 6.54 Å². The van der Waals surface area contributed by atoms with E-state index >= 15 is 0 Å². The van der Waals surface area contributed by atoms with E-state index in [1.165, 1.54) is 0 Å². The molecule has 6 nitrogen and oxygen atoms in total. The SMILES string of the molecule is CCCn1ncc(OC)c1C(NC)c1ccnc(C)n1. The minimum absolute atomic E-state index is 0.0688. The monoisotopic (exact) mass is 275 g/mol. The van der Waals surface area contributed by atoms with Gasteiger partial charge in [-0.3, -0.25) is 4.68 Å². The first kappa shape index (κ1) is 14.5. The van der Waals surface area contributed by atoms with Crippen molar-refractivity contribution in [2.45, 2.75) is 32.9 Å². The van der Waals surface area contributed by atoms with Crippen LogP contribution in [0.4, 0.5) is 0 Å². The van der Waals surface area contributed by atoms with Crippen LogP contribution in [0, 0.1) is 6.92 Å². The molecule has 0 aliphatic rings. The van der Waals surface area contributed by atoms with E-state index in [0.29, 0.717) is 0 Å². The summed E-state index contributed by atoms with van der Waals surface area (Å²) in [6, 6.07) is 1.84. The Bertz CT molecular complexity index is 566. The number of rotatable bonds is 6. The summed E-state index contributed by atoms with van der Waals surface area (Å²) in [6.07, 6.45) is 4.54. The standard InChI is InChI=1S/C14H21N5O/c1-5-8-19-14(12(20-4)9-17-19)13(15-3)11-6-7-16-10(2)18-11/h6-7,9,13,15H,5,8H2,1-4H3. The summed E-state index contributed by atoms with van der Waals surface area (Å²) in [5.41, 5.74) is 1.91. The molecule has 2 heterocycles. The summed E-state index contributed by atoms with van der Waals surface area (Å²) >= 11 is 0. The fraction of sp³-hybridized carbons (Fsp3) is 0.500. The largest absolute Gasteiger partial charge is 0.493 e. The molecule has 1 unspecified atom stereocenters. The fourth-order valence-electron chi connectivity index (χ4n) is 2.28. The first-order valence-corrected chi connectivity index (χ1v) is 6.77. The van der Waals surface area contributed by atoms with Gasteiger partial charge in [0.05, 0.1) is 25.0 Å². The smallest absolute Gasteiger partial charge is 0.161 e. The van der Waals surface area contributed by atoms with Crippen LogP contribution in [0.2, 0.25) is 0 Å². The van der Waals surface area contributed by atoms with Crippen LogP contribution in [0.1, 0.15) is 36.6 Å². The van der Waals surface area contributed by atoms with Gasteiger partial charge in [0.15, 0.2) is 5.75 Å². The molecule has 0 aromatic carbocycles. The first-order valence-electron chi connectivity index (χ1n) is 6.77. The fourth-order valence-corrected chi connectivity index (χ4v) is 2.28. The van der Waals surface area contributed by atoms with Crippen molar-refractivity contribution in [1.29, 1.82) is 0 Å². The second-order valence-corrected chi connectivity index (χ2v) is 4.57. The maximum Gasteiger partial charge on any atom is 0.161 e. The van der Waals surface area contributed by atoms with Crippen molar-refractivity contribution >= 4 is 0 Å². The molecule has 1 N–H and O–H groups in total. The van der Waals surface area contributed by atoms with Crippen molar-refractivity contribution in [1.82, 2.24) is 25.1 Å². The molecule has 0 fully saturated rings. The molecule has 0 radical (unpaired) electrons. The predicted molar refractivity (Wildman–Crippen MR) is 76.7 cm³/mol. The number of hydrogen-bond donors (Lipinski definition) is 1. The second-order valence-electron chi connectivity index (χ2n) is 4.57. The Kier molecular flexibility index (Phi) is 4.68. The Morgan fingerprint density at radius 3 is 2.85 bits per heavy atom. The molecule has 20 heavy (non-hydrogen) atoms. The molecule has 0 aliphatic heterocycles. The number of methoxy groups -OCH3 is 1. The molecule has 0 spiro atoms. The van der Waals surface area contributed by atoms with Gasteiger partial charge in [0.2, 0.25) is 0 Å². The van der Waals surface area contributed by atoms with E-state index in [0.717, 1.165) is 35.9 Å². The van der Waals surface area contributed by atoms with Crippen LogP contribution < -0.4 is 10.1 Å². The lowest BCUT2D eigenvalue weighted by Gasteiger charge is -2.19. The van der Waals surface area contributed by atoms with Gasteiger partial charge in [0.25, 0.3) is 0 Å². The zero-order chi connectivity index (χ0) is 14.5. The highest BCUT2D eigenvalue weighted by Gasteiger charge is 2.23. The van der Waals surface area contributed by atoms with Crippen LogP contribution >= 0.6 is 0 Å². The average molecular weight is 275 g/mol. The van der Waals surface area contributed by atoms with Crippen molar-refractivity contribution in [3.05, 3.63) is 35.7 Å². The Balaban J connectivity index is 2.48. The van der Waals surface area contributed by atoms with Gasteiger partial charge in [-0.05, 0) is 26.5 Å². The lowest BCUT2D eigenvalue weighted by Crippen LogP contribution is -2.23. The number of hydrogen-bond acceptors (Lipinski definition) is 5. The second kappa shape index (κ2) is 6.47. The summed E-state index contributed by atoms with van der Waals surface area (Å²) in [7, 11) is 3.57. The topological polar surface area (TPSA) is 64.9 Å². The number of aryl methyl sites for hydroxylation is 2. The highest BCUT2D eigenvalue weighted by Crippen LogP contribution is 2.28. The molecular weight excluding hydrogens is 254 g/mol. The maximum absolute atomic E-state index is 5.44. The molecule has 6 heteroatoms. The van der Waals surface area contributed by atoms with Crippen LogP contribution in [-0.4, -0.2) is 33.9 Å². The van der Waals surface area contributed by atoms with E-state index in [1.54, 1.807) is 19.5 Å². The Morgan fingerprint density at radius 1 is 1.45 bits per heavy atom. The van der Waals surface area contributed by atoms with Crippen LogP contribution in [0.25, 0.3) is 0 Å². The molecule has 0 amide bonds. The van der Waals surface area contributed by atoms with E-state index in [1.807, 2.05) is 24.7 Å².